The van der Waals surface area contributed by atoms with Gasteiger partial charge in [0.25, 0.3) is 0 Å². The molecule has 0 radical (unpaired) electrons. The molecule has 0 atom stereocenters. The standard InChI is InChI=1S/C18H25N5O/c1-13-12-15(21-16(20-13)14-4-5-14)23-9-6-18(24-3,7-10-23)17-19-8-11-22(17)2/h8,11-12,14H,4-7,9-10H2,1-3H3. The smallest absolute Gasteiger partial charge is 0.140 e. The van der Waals surface area contributed by atoms with Crippen molar-refractivity contribution in [3.63, 3.8) is 0 Å². The van der Waals surface area contributed by atoms with Gasteiger partial charge in [-0.2, -0.15) is 0 Å². The fourth-order valence-corrected chi connectivity index (χ4v) is 3.68. The molecule has 1 aliphatic carbocycles. The summed E-state index contributed by atoms with van der Waals surface area (Å²) >= 11 is 0. The Kier molecular flexibility index (Phi) is 3.79. The molecule has 4 rings (SSSR count). The predicted molar refractivity (Wildman–Crippen MR) is 92.1 cm³/mol. The van der Waals surface area contributed by atoms with Crippen molar-refractivity contribution in [1.29, 1.82) is 0 Å². The molecule has 1 saturated heterocycles. The Morgan fingerprint density at radius 3 is 2.54 bits per heavy atom. The van der Waals surface area contributed by atoms with Gasteiger partial charge in [0, 0.05) is 70.2 Å². The average molecular weight is 327 g/mol. The Labute approximate surface area is 142 Å². The normalized spacial score (nSPS) is 20.4. The number of imidazole rings is 1. The third-order valence-electron chi connectivity index (χ3n) is 5.32. The molecular formula is C18H25N5O. The molecular weight excluding hydrogens is 302 g/mol. The number of nitrogens with zero attached hydrogens (tertiary/aromatic N) is 5. The summed E-state index contributed by atoms with van der Waals surface area (Å²) in [7, 11) is 3.83. The molecule has 2 fully saturated rings. The first-order valence-electron chi connectivity index (χ1n) is 8.75. The predicted octanol–water partition coefficient (Wildman–Crippen LogP) is 2.54. The van der Waals surface area contributed by atoms with Crippen LogP contribution in [-0.2, 0) is 17.4 Å². The van der Waals surface area contributed by atoms with E-state index < -0.39 is 0 Å². The number of anilines is 1. The molecule has 2 aromatic heterocycles. The van der Waals surface area contributed by atoms with Crippen LogP contribution in [0.25, 0.3) is 0 Å². The minimum atomic E-state index is -0.295. The molecule has 2 aliphatic rings. The van der Waals surface area contributed by atoms with Crippen LogP contribution in [0.2, 0.25) is 0 Å². The number of rotatable bonds is 4. The lowest BCUT2D eigenvalue weighted by Gasteiger charge is -2.40. The maximum Gasteiger partial charge on any atom is 0.140 e. The quantitative estimate of drug-likeness (QED) is 0.864. The van der Waals surface area contributed by atoms with E-state index in [1.54, 1.807) is 7.11 Å². The van der Waals surface area contributed by atoms with Gasteiger partial charge in [-0.1, -0.05) is 0 Å². The van der Waals surface area contributed by atoms with Gasteiger partial charge < -0.3 is 14.2 Å². The van der Waals surface area contributed by atoms with Crippen LogP contribution in [0.5, 0.6) is 0 Å². The van der Waals surface area contributed by atoms with E-state index in [-0.39, 0.29) is 5.60 Å². The highest BCUT2D eigenvalue weighted by Crippen LogP contribution is 2.40. The minimum absolute atomic E-state index is 0.295. The lowest BCUT2D eigenvalue weighted by molar-refractivity contribution is -0.0437. The summed E-state index contributed by atoms with van der Waals surface area (Å²) in [4.78, 5) is 16.3. The lowest BCUT2D eigenvalue weighted by atomic mass is 9.90. The first-order chi connectivity index (χ1) is 11.6. The highest BCUT2D eigenvalue weighted by atomic mass is 16.5. The zero-order valence-electron chi connectivity index (χ0n) is 14.7. The number of piperidine rings is 1. The van der Waals surface area contributed by atoms with Crippen molar-refractivity contribution in [3.05, 3.63) is 35.8 Å². The second kappa shape index (κ2) is 5.84. The van der Waals surface area contributed by atoms with Crippen LogP contribution < -0.4 is 4.90 Å². The summed E-state index contributed by atoms with van der Waals surface area (Å²) < 4.78 is 8.01. The van der Waals surface area contributed by atoms with E-state index in [0.29, 0.717) is 5.92 Å². The van der Waals surface area contributed by atoms with E-state index in [4.69, 9.17) is 9.72 Å². The Hall–Kier alpha value is -1.95. The summed E-state index contributed by atoms with van der Waals surface area (Å²) in [6.07, 6.45) is 8.12. The molecule has 6 heteroatoms. The van der Waals surface area contributed by atoms with Crippen LogP contribution in [-0.4, -0.2) is 39.7 Å². The van der Waals surface area contributed by atoms with Crippen LogP contribution in [0.15, 0.2) is 18.5 Å². The van der Waals surface area contributed by atoms with Crippen LogP contribution in [0.1, 0.15) is 48.9 Å². The Morgan fingerprint density at radius 2 is 1.96 bits per heavy atom. The van der Waals surface area contributed by atoms with Crippen molar-refractivity contribution in [2.45, 2.75) is 44.1 Å². The molecule has 6 nitrogen and oxygen atoms in total. The van der Waals surface area contributed by atoms with Gasteiger partial charge in [-0.15, -0.1) is 0 Å². The molecule has 0 N–H and O–H groups in total. The zero-order chi connectivity index (χ0) is 16.7. The highest BCUT2D eigenvalue weighted by molar-refractivity contribution is 5.41. The Morgan fingerprint density at radius 1 is 1.21 bits per heavy atom. The molecule has 2 aromatic rings. The summed E-state index contributed by atoms with van der Waals surface area (Å²) in [5.74, 6) is 3.69. The first kappa shape index (κ1) is 15.6. The lowest BCUT2D eigenvalue weighted by Crippen LogP contribution is -2.45. The van der Waals surface area contributed by atoms with Crippen molar-refractivity contribution in [2.24, 2.45) is 7.05 Å². The molecule has 3 heterocycles. The number of hydrogen-bond acceptors (Lipinski definition) is 5. The van der Waals surface area contributed by atoms with Crippen LogP contribution in [0.4, 0.5) is 5.82 Å². The molecule has 0 spiro atoms. The second-order valence-corrected chi connectivity index (χ2v) is 7.05. The number of aryl methyl sites for hydroxylation is 2. The van der Waals surface area contributed by atoms with E-state index >= 15 is 0 Å². The van der Waals surface area contributed by atoms with Crippen molar-refractivity contribution in [3.8, 4) is 0 Å². The molecule has 1 aliphatic heterocycles. The van der Waals surface area contributed by atoms with Crippen molar-refractivity contribution in [1.82, 2.24) is 19.5 Å². The average Bonchev–Trinajstić information content (AvgIpc) is 3.36. The van der Waals surface area contributed by atoms with Crippen molar-refractivity contribution >= 4 is 5.82 Å². The monoisotopic (exact) mass is 327 g/mol. The molecule has 0 bridgehead atoms. The molecule has 0 amide bonds. The molecule has 1 saturated carbocycles. The van der Waals surface area contributed by atoms with E-state index in [9.17, 15) is 0 Å². The van der Waals surface area contributed by atoms with Gasteiger partial charge >= 0.3 is 0 Å². The summed E-state index contributed by atoms with van der Waals surface area (Å²) in [6.45, 7) is 3.90. The molecule has 0 unspecified atom stereocenters. The number of hydrogen-bond donors (Lipinski definition) is 0. The van der Waals surface area contributed by atoms with Gasteiger partial charge in [0.15, 0.2) is 0 Å². The molecule has 0 aromatic carbocycles. The maximum absolute atomic E-state index is 5.94. The van der Waals surface area contributed by atoms with Gasteiger partial charge in [-0.3, -0.25) is 0 Å². The second-order valence-electron chi connectivity index (χ2n) is 7.05. The number of ether oxygens (including phenoxy) is 1. The zero-order valence-corrected chi connectivity index (χ0v) is 14.7. The van der Waals surface area contributed by atoms with E-state index in [0.717, 1.165) is 49.1 Å². The summed E-state index contributed by atoms with van der Waals surface area (Å²) in [5.41, 5.74) is 0.769. The van der Waals surface area contributed by atoms with Gasteiger partial charge in [-0.25, -0.2) is 15.0 Å². The van der Waals surface area contributed by atoms with Crippen LogP contribution in [0, 0.1) is 6.92 Å². The van der Waals surface area contributed by atoms with Crippen molar-refractivity contribution in [2.75, 3.05) is 25.1 Å². The first-order valence-corrected chi connectivity index (χ1v) is 8.75. The fraction of sp³-hybridized carbons (Fsp3) is 0.611. The maximum atomic E-state index is 5.94. The summed E-state index contributed by atoms with van der Waals surface area (Å²) in [6, 6.07) is 2.10. The molecule has 128 valence electrons. The molecule has 24 heavy (non-hydrogen) atoms. The van der Waals surface area contributed by atoms with Crippen LogP contribution >= 0.6 is 0 Å². The Bertz CT molecular complexity index is 729. The van der Waals surface area contributed by atoms with Crippen molar-refractivity contribution < 1.29 is 4.74 Å². The number of aromatic nitrogens is 4. The van der Waals surface area contributed by atoms with E-state index in [1.165, 1.54) is 12.8 Å². The van der Waals surface area contributed by atoms with Gasteiger partial charge in [0.2, 0.25) is 0 Å². The van der Waals surface area contributed by atoms with E-state index in [1.807, 2.05) is 19.4 Å². The largest absolute Gasteiger partial charge is 0.370 e. The third kappa shape index (κ3) is 2.69. The number of methoxy groups -OCH3 is 1. The Balaban J connectivity index is 1.54. The van der Waals surface area contributed by atoms with Gasteiger partial charge in [-0.05, 0) is 19.8 Å². The fourth-order valence-electron chi connectivity index (χ4n) is 3.68. The summed E-state index contributed by atoms with van der Waals surface area (Å²) in [5, 5.41) is 0. The van der Waals surface area contributed by atoms with Gasteiger partial charge in [0.1, 0.15) is 23.1 Å². The van der Waals surface area contributed by atoms with E-state index in [2.05, 4.69) is 32.4 Å². The highest BCUT2D eigenvalue weighted by Gasteiger charge is 2.40. The minimum Gasteiger partial charge on any atom is -0.370 e. The SMILES string of the molecule is COC1(c2nccn2C)CCN(c2cc(C)nc(C3CC3)n2)CC1. The topological polar surface area (TPSA) is 56.1 Å². The van der Waals surface area contributed by atoms with Crippen LogP contribution in [0.3, 0.4) is 0 Å². The van der Waals surface area contributed by atoms with Gasteiger partial charge in [0.05, 0.1) is 0 Å². The third-order valence-corrected chi connectivity index (χ3v) is 5.32.